The van der Waals surface area contributed by atoms with Gasteiger partial charge in [-0.05, 0) is 25.0 Å². The molecule has 18 heavy (non-hydrogen) atoms. The molecule has 1 heterocycles. The van der Waals surface area contributed by atoms with Gasteiger partial charge in [-0.25, -0.2) is 4.98 Å². The number of hydrogen-bond donors (Lipinski definition) is 1. The van der Waals surface area contributed by atoms with Gasteiger partial charge in [0, 0.05) is 7.05 Å². The molecule has 1 aliphatic carbocycles. The molecule has 0 bridgehead atoms. The van der Waals surface area contributed by atoms with Crippen molar-refractivity contribution in [1.29, 1.82) is 0 Å². The number of rotatable bonds is 3. The van der Waals surface area contributed by atoms with Gasteiger partial charge in [0.2, 0.25) is 0 Å². The van der Waals surface area contributed by atoms with Crippen molar-refractivity contribution in [3.63, 3.8) is 0 Å². The van der Waals surface area contributed by atoms with E-state index in [4.69, 9.17) is 4.74 Å². The number of carbonyl (C=O) groups excluding carboxylic acids is 1. The smallest absolute Gasteiger partial charge is 0.437 e. The zero-order valence-electron chi connectivity index (χ0n) is 9.54. The normalized spacial score (nSPS) is 15.3. The molecular weight excluding hydrogens is 249 g/mol. The lowest BCUT2D eigenvalue weighted by Crippen LogP contribution is -2.22. The van der Waals surface area contributed by atoms with Gasteiger partial charge in [0.1, 0.15) is 5.69 Å². The van der Waals surface area contributed by atoms with Crippen LogP contribution in [0.4, 0.5) is 13.2 Å². The molecule has 0 saturated heterocycles. The molecule has 1 aromatic rings. The van der Waals surface area contributed by atoms with Crippen molar-refractivity contribution < 1.29 is 22.7 Å². The van der Waals surface area contributed by atoms with Gasteiger partial charge in [0.05, 0.1) is 6.10 Å². The van der Waals surface area contributed by atoms with Crippen LogP contribution in [0.2, 0.25) is 0 Å². The van der Waals surface area contributed by atoms with Gasteiger partial charge in [0.25, 0.3) is 5.91 Å². The molecule has 1 fully saturated rings. The molecule has 98 valence electrons. The Morgan fingerprint density at radius 2 is 2.11 bits per heavy atom. The first kappa shape index (κ1) is 12.7. The summed E-state index contributed by atoms with van der Waals surface area (Å²) in [6.07, 6.45) is -3.32. The van der Waals surface area contributed by atoms with Crippen LogP contribution in [0.25, 0.3) is 0 Å². The molecule has 1 aliphatic rings. The van der Waals surface area contributed by atoms with E-state index in [0.717, 1.165) is 18.9 Å². The first-order valence-electron chi connectivity index (χ1n) is 5.39. The van der Waals surface area contributed by atoms with E-state index in [-0.39, 0.29) is 17.5 Å². The van der Waals surface area contributed by atoms with E-state index in [1.54, 1.807) is 0 Å². The lowest BCUT2D eigenvalue weighted by atomic mass is 10.2. The van der Waals surface area contributed by atoms with Crippen LogP contribution in [0.3, 0.4) is 0 Å². The summed E-state index contributed by atoms with van der Waals surface area (Å²) in [5.41, 5.74) is -1.44. The standard InChI is InChI=1S/C11H11F3N2O2/c1-15-10(17)7-4-5-8(18-6-2-3-6)9(16-7)11(12,13)14/h4-6H,2-3H2,1H3,(H,15,17). The fourth-order valence-corrected chi connectivity index (χ4v) is 1.36. The average molecular weight is 260 g/mol. The number of aromatic nitrogens is 1. The van der Waals surface area contributed by atoms with E-state index in [2.05, 4.69) is 10.3 Å². The minimum atomic E-state index is -4.64. The van der Waals surface area contributed by atoms with E-state index < -0.39 is 17.8 Å². The van der Waals surface area contributed by atoms with Crippen LogP contribution in [-0.2, 0) is 6.18 Å². The van der Waals surface area contributed by atoms with E-state index >= 15 is 0 Å². The topological polar surface area (TPSA) is 51.2 Å². The van der Waals surface area contributed by atoms with Crippen molar-refractivity contribution in [1.82, 2.24) is 10.3 Å². The zero-order chi connectivity index (χ0) is 13.3. The summed E-state index contributed by atoms with van der Waals surface area (Å²) < 4.78 is 43.5. The number of nitrogens with zero attached hydrogens (tertiary/aromatic N) is 1. The number of nitrogens with one attached hydrogen (secondary N) is 1. The van der Waals surface area contributed by atoms with E-state index in [1.165, 1.54) is 13.1 Å². The molecule has 7 heteroatoms. The van der Waals surface area contributed by atoms with Crippen LogP contribution < -0.4 is 10.1 Å². The van der Waals surface area contributed by atoms with Crippen molar-refractivity contribution in [3.05, 3.63) is 23.5 Å². The Bertz CT molecular complexity index is 470. The zero-order valence-corrected chi connectivity index (χ0v) is 9.54. The van der Waals surface area contributed by atoms with Crippen LogP contribution in [-0.4, -0.2) is 24.0 Å². The number of amides is 1. The maximum Gasteiger partial charge on any atom is 0.437 e. The van der Waals surface area contributed by atoms with Gasteiger partial charge in [-0.15, -0.1) is 0 Å². The van der Waals surface area contributed by atoms with Gasteiger partial charge in [-0.2, -0.15) is 13.2 Å². The molecule has 1 saturated carbocycles. The number of halogens is 3. The Morgan fingerprint density at radius 1 is 1.44 bits per heavy atom. The molecule has 2 rings (SSSR count). The highest BCUT2D eigenvalue weighted by atomic mass is 19.4. The third-order valence-electron chi connectivity index (χ3n) is 2.40. The van der Waals surface area contributed by atoms with Crippen molar-refractivity contribution in [2.24, 2.45) is 0 Å². The van der Waals surface area contributed by atoms with Crippen LogP contribution >= 0.6 is 0 Å². The predicted molar refractivity (Wildman–Crippen MR) is 56.3 cm³/mol. The van der Waals surface area contributed by atoms with Crippen LogP contribution in [0.1, 0.15) is 29.0 Å². The summed E-state index contributed by atoms with van der Waals surface area (Å²) in [6.45, 7) is 0. The van der Waals surface area contributed by atoms with Crippen molar-refractivity contribution in [3.8, 4) is 5.75 Å². The summed E-state index contributed by atoms with van der Waals surface area (Å²) >= 11 is 0. The fraction of sp³-hybridized carbons (Fsp3) is 0.455. The van der Waals surface area contributed by atoms with Crippen LogP contribution in [0.15, 0.2) is 12.1 Å². The van der Waals surface area contributed by atoms with Crippen LogP contribution in [0, 0.1) is 0 Å². The quantitative estimate of drug-likeness (QED) is 0.904. The first-order valence-corrected chi connectivity index (χ1v) is 5.39. The molecule has 0 unspecified atom stereocenters. The number of ether oxygens (including phenoxy) is 1. The Balaban J connectivity index is 2.37. The number of hydrogen-bond acceptors (Lipinski definition) is 3. The minimum Gasteiger partial charge on any atom is -0.488 e. The highest BCUT2D eigenvalue weighted by Gasteiger charge is 2.38. The van der Waals surface area contributed by atoms with Gasteiger partial charge >= 0.3 is 6.18 Å². The van der Waals surface area contributed by atoms with Gasteiger partial charge < -0.3 is 10.1 Å². The predicted octanol–water partition coefficient (Wildman–Crippen LogP) is 2.00. The first-order chi connectivity index (χ1) is 8.41. The summed E-state index contributed by atoms with van der Waals surface area (Å²) in [7, 11) is 1.33. The fourth-order valence-electron chi connectivity index (χ4n) is 1.36. The number of alkyl halides is 3. The van der Waals surface area contributed by atoms with Crippen molar-refractivity contribution >= 4 is 5.91 Å². The highest BCUT2D eigenvalue weighted by Crippen LogP contribution is 2.37. The monoisotopic (exact) mass is 260 g/mol. The summed E-state index contributed by atoms with van der Waals surface area (Å²) in [5, 5.41) is 2.22. The largest absolute Gasteiger partial charge is 0.488 e. The van der Waals surface area contributed by atoms with Gasteiger partial charge in [-0.3, -0.25) is 4.79 Å². The Labute approximate surface area is 101 Å². The second-order valence-electron chi connectivity index (χ2n) is 3.94. The molecule has 1 amide bonds. The molecule has 0 atom stereocenters. The Kier molecular flexibility index (Phi) is 3.14. The second kappa shape index (κ2) is 4.47. The molecular formula is C11H11F3N2O2. The third kappa shape index (κ3) is 2.72. The summed E-state index contributed by atoms with van der Waals surface area (Å²) in [6, 6.07) is 2.35. The number of carbonyl (C=O) groups is 1. The van der Waals surface area contributed by atoms with E-state index in [0.29, 0.717) is 0 Å². The lowest BCUT2D eigenvalue weighted by molar-refractivity contribution is -0.142. The average Bonchev–Trinajstić information content (AvgIpc) is 3.11. The summed E-state index contributed by atoms with van der Waals surface area (Å²) in [4.78, 5) is 14.6. The van der Waals surface area contributed by atoms with E-state index in [9.17, 15) is 18.0 Å². The number of pyridine rings is 1. The maximum atomic E-state index is 12.8. The Hall–Kier alpha value is -1.79. The third-order valence-corrected chi connectivity index (χ3v) is 2.40. The van der Waals surface area contributed by atoms with Crippen molar-refractivity contribution in [2.45, 2.75) is 25.1 Å². The molecule has 0 spiro atoms. The molecule has 1 aromatic heterocycles. The summed E-state index contributed by atoms with van der Waals surface area (Å²) in [5.74, 6) is -0.990. The highest BCUT2D eigenvalue weighted by molar-refractivity contribution is 5.92. The maximum absolute atomic E-state index is 12.8. The second-order valence-corrected chi connectivity index (χ2v) is 3.94. The molecule has 0 aromatic carbocycles. The Morgan fingerprint density at radius 3 is 2.61 bits per heavy atom. The molecule has 0 aliphatic heterocycles. The van der Waals surface area contributed by atoms with E-state index in [1.807, 2.05) is 0 Å². The van der Waals surface area contributed by atoms with Gasteiger partial charge in [-0.1, -0.05) is 0 Å². The minimum absolute atomic E-state index is 0.168. The van der Waals surface area contributed by atoms with Gasteiger partial charge in [0.15, 0.2) is 11.4 Å². The molecule has 4 nitrogen and oxygen atoms in total. The van der Waals surface area contributed by atoms with Crippen LogP contribution in [0.5, 0.6) is 5.75 Å². The molecule has 0 radical (unpaired) electrons. The SMILES string of the molecule is CNC(=O)c1ccc(OC2CC2)c(C(F)(F)F)n1. The lowest BCUT2D eigenvalue weighted by Gasteiger charge is -2.13. The van der Waals surface area contributed by atoms with Crippen molar-refractivity contribution in [2.75, 3.05) is 7.05 Å². The molecule has 1 N–H and O–H groups in total.